The lowest BCUT2D eigenvalue weighted by Gasteiger charge is -2.05. The second kappa shape index (κ2) is 5.57. The number of nitrogens with two attached hydrogens (primary N) is 1. The number of carbonyl (C=O) groups is 1. The third kappa shape index (κ3) is 4.04. The summed E-state index contributed by atoms with van der Waals surface area (Å²) in [5.74, 6) is -0.759. The molecule has 16 heavy (non-hydrogen) atoms. The second-order valence-electron chi connectivity index (χ2n) is 2.80. The SMILES string of the molecule is NC(=O)CONS(=O)(=O)c1ccc(I)cc1. The summed E-state index contributed by atoms with van der Waals surface area (Å²) < 4.78 is 24.0. The number of rotatable bonds is 5. The summed E-state index contributed by atoms with van der Waals surface area (Å²) in [6.45, 7) is -0.510. The van der Waals surface area contributed by atoms with E-state index in [1.807, 2.05) is 0 Å². The van der Waals surface area contributed by atoms with Gasteiger partial charge in [0, 0.05) is 3.57 Å². The van der Waals surface area contributed by atoms with Crippen molar-refractivity contribution < 1.29 is 18.0 Å². The van der Waals surface area contributed by atoms with E-state index in [1.54, 1.807) is 17.0 Å². The Labute approximate surface area is 106 Å². The minimum absolute atomic E-state index is 0.0531. The lowest BCUT2D eigenvalue weighted by molar-refractivity contribution is -0.123. The van der Waals surface area contributed by atoms with Gasteiger partial charge in [0.15, 0.2) is 0 Å². The Morgan fingerprint density at radius 3 is 2.44 bits per heavy atom. The topological polar surface area (TPSA) is 98.5 Å². The highest BCUT2D eigenvalue weighted by Crippen LogP contribution is 2.11. The number of primary amides is 1. The molecule has 0 saturated heterocycles. The van der Waals surface area contributed by atoms with Crippen LogP contribution in [0.1, 0.15) is 0 Å². The van der Waals surface area contributed by atoms with Gasteiger partial charge in [-0.15, -0.1) is 0 Å². The van der Waals surface area contributed by atoms with E-state index in [9.17, 15) is 13.2 Å². The average Bonchev–Trinajstić information content (AvgIpc) is 2.17. The van der Waals surface area contributed by atoms with Crippen LogP contribution in [0.2, 0.25) is 0 Å². The molecule has 0 bridgehead atoms. The lowest BCUT2D eigenvalue weighted by atomic mass is 10.4. The molecule has 0 aromatic heterocycles. The fraction of sp³-hybridized carbons (Fsp3) is 0.125. The molecule has 3 N–H and O–H groups in total. The number of sulfonamides is 1. The van der Waals surface area contributed by atoms with Gasteiger partial charge in [-0.1, -0.05) is 4.89 Å². The van der Waals surface area contributed by atoms with E-state index in [-0.39, 0.29) is 4.90 Å². The Hall–Kier alpha value is -0.710. The highest BCUT2D eigenvalue weighted by Gasteiger charge is 2.13. The Morgan fingerprint density at radius 2 is 1.94 bits per heavy atom. The summed E-state index contributed by atoms with van der Waals surface area (Å²) in [6, 6.07) is 6.14. The van der Waals surface area contributed by atoms with E-state index in [4.69, 9.17) is 5.73 Å². The van der Waals surface area contributed by atoms with Gasteiger partial charge in [0.05, 0.1) is 4.90 Å². The van der Waals surface area contributed by atoms with Gasteiger partial charge in [0.2, 0.25) is 5.91 Å². The van der Waals surface area contributed by atoms with E-state index in [1.165, 1.54) is 12.1 Å². The number of amides is 1. The first-order chi connectivity index (χ1) is 7.42. The summed E-state index contributed by atoms with van der Waals surface area (Å²) in [4.78, 5) is 16.6. The Kier molecular flexibility index (Phi) is 4.65. The summed E-state index contributed by atoms with van der Waals surface area (Å²) in [5.41, 5.74) is 4.78. The fourth-order valence-electron chi connectivity index (χ4n) is 0.840. The van der Waals surface area contributed by atoms with E-state index in [0.717, 1.165) is 3.57 Å². The number of carbonyl (C=O) groups excluding carboxylic acids is 1. The molecule has 1 rings (SSSR count). The van der Waals surface area contributed by atoms with Crippen LogP contribution in [0.25, 0.3) is 0 Å². The van der Waals surface area contributed by atoms with Crippen LogP contribution in [0.5, 0.6) is 0 Å². The van der Waals surface area contributed by atoms with Crippen LogP contribution in [0, 0.1) is 3.57 Å². The molecule has 1 aromatic carbocycles. The van der Waals surface area contributed by atoms with Crippen molar-refractivity contribution in [2.24, 2.45) is 5.73 Å². The van der Waals surface area contributed by atoms with Crippen LogP contribution < -0.4 is 10.6 Å². The van der Waals surface area contributed by atoms with E-state index in [0.29, 0.717) is 0 Å². The van der Waals surface area contributed by atoms with Crippen molar-refractivity contribution in [1.29, 1.82) is 0 Å². The third-order valence-corrected chi connectivity index (χ3v) is 3.46. The van der Waals surface area contributed by atoms with Crippen LogP contribution in [0.3, 0.4) is 0 Å². The van der Waals surface area contributed by atoms with Crippen molar-refractivity contribution in [3.8, 4) is 0 Å². The van der Waals surface area contributed by atoms with Gasteiger partial charge < -0.3 is 5.73 Å². The molecule has 0 atom stereocenters. The van der Waals surface area contributed by atoms with Crippen LogP contribution >= 0.6 is 22.6 Å². The van der Waals surface area contributed by atoms with Crippen LogP contribution in [-0.4, -0.2) is 20.9 Å². The fourth-order valence-corrected chi connectivity index (χ4v) is 2.00. The predicted octanol–water partition coefficient (Wildman–Crippen LogP) is -0.0136. The zero-order valence-electron chi connectivity index (χ0n) is 8.01. The second-order valence-corrected chi connectivity index (χ2v) is 5.69. The van der Waals surface area contributed by atoms with Crippen LogP contribution in [0.4, 0.5) is 0 Å². The molecule has 0 spiro atoms. The van der Waals surface area contributed by atoms with Crippen LogP contribution in [0.15, 0.2) is 29.2 Å². The standard InChI is InChI=1S/C8H9IN2O4S/c9-6-1-3-7(4-2-6)16(13,14)11-15-5-8(10)12/h1-4,11H,5H2,(H2,10,12). The third-order valence-electron chi connectivity index (χ3n) is 1.51. The van der Waals surface area contributed by atoms with Crippen molar-refractivity contribution in [1.82, 2.24) is 4.89 Å². The highest BCUT2D eigenvalue weighted by molar-refractivity contribution is 14.1. The van der Waals surface area contributed by atoms with Crippen molar-refractivity contribution in [3.05, 3.63) is 27.8 Å². The molecular weight excluding hydrogens is 347 g/mol. The minimum Gasteiger partial charge on any atom is -0.368 e. The Balaban J connectivity index is 2.71. The van der Waals surface area contributed by atoms with Gasteiger partial charge in [-0.25, -0.2) is 8.42 Å². The Morgan fingerprint density at radius 1 is 1.38 bits per heavy atom. The molecular formula is C8H9IN2O4S. The molecule has 0 radical (unpaired) electrons. The zero-order chi connectivity index (χ0) is 12.2. The average molecular weight is 356 g/mol. The largest absolute Gasteiger partial charge is 0.368 e. The highest BCUT2D eigenvalue weighted by atomic mass is 127. The number of nitrogens with one attached hydrogen (secondary N) is 1. The summed E-state index contributed by atoms with van der Waals surface area (Å²) >= 11 is 2.05. The van der Waals surface area contributed by atoms with Crippen molar-refractivity contribution in [2.45, 2.75) is 4.90 Å². The molecule has 88 valence electrons. The van der Waals surface area contributed by atoms with Gasteiger partial charge >= 0.3 is 0 Å². The monoisotopic (exact) mass is 356 g/mol. The predicted molar refractivity (Wildman–Crippen MR) is 64.6 cm³/mol. The summed E-state index contributed by atoms with van der Waals surface area (Å²) in [6.07, 6.45) is 0. The van der Waals surface area contributed by atoms with E-state index >= 15 is 0 Å². The quantitative estimate of drug-likeness (QED) is 0.573. The molecule has 0 saturated carbocycles. The number of hydrogen-bond acceptors (Lipinski definition) is 4. The molecule has 0 fully saturated rings. The number of halogens is 1. The number of hydrogen-bond donors (Lipinski definition) is 2. The molecule has 8 heteroatoms. The molecule has 6 nitrogen and oxygen atoms in total. The summed E-state index contributed by atoms with van der Waals surface area (Å²) in [7, 11) is -3.76. The van der Waals surface area contributed by atoms with E-state index < -0.39 is 22.5 Å². The first-order valence-corrected chi connectivity index (χ1v) is 6.65. The van der Waals surface area contributed by atoms with Crippen molar-refractivity contribution in [2.75, 3.05) is 6.61 Å². The molecule has 0 aliphatic carbocycles. The number of benzene rings is 1. The minimum atomic E-state index is -3.76. The van der Waals surface area contributed by atoms with Crippen LogP contribution in [-0.2, 0) is 19.7 Å². The smallest absolute Gasteiger partial charge is 0.262 e. The van der Waals surface area contributed by atoms with Gasteiger partial charge in [0.25, 0.3) is 10.0 Å². The van der Waals surface area contributed by atoms with Gasteiger partial charge in [-0.05, 0) is 46.9 Å². The molecule has 0 aliphatic heterocycles. The van der Waals surface area contributed by atoms with Gasteiger partial charge in [-0.2, -0.15) is 0 Å². The van der Waals surface area contributed by atoms with Crippen molar-refractivity contribution >= 4 is 38.5 Å². The lowest BCUT2D eigenvalue weighted by Crippen LogP contribution is -2.29. The molecule has 1 aromatic rings. The first kappa shape index (κ1) is 13.4. The molecule has 0 heterocycles. The molecule has 0 unspecified atom stereocenters. The normalized spacial score (nSPS) is 11.3. The molecule has 1 amide bonds. The van der Waals surface area contributed by atoms with Gasteiger partial charge in [0.1, 0.15) is 6.61 Å². The maximum Gasteiger partial charge on any atom is 0.262 e. The van der Waals surface area contributed by atoms with Crippen molar-refractivity contribution in [3.63, 3.8) is 0 Å². The van der Waals surface area contributed by atoms with Gasteiger partial charge in [-0.3, -0.25) is 9.63 Å². The van der Waals surface area contributed by atoms with E-state index in [2.05, 4.69) is 27.4 Å². The Bertz CT molecular complexity index is 471. The maximum atomic E-state index is 11.5. The molecule has 0 aliphatic rings. The first-order valence-electron chi connectivity index (χ1n) is 4.09. The zero-order valence-corrected chi connectivity index (χ0v) is 11.0. The summed E-state index contributed by atoms with van der Waals surface area (Å²) in [5, 5.41) is 0. The maximum absolute atomic E-state index is 11.5.